The molecule has 2 amide bonds. The molecule has 166 valence electrons. The minimum atomic E-state index is -4.35. The zero-order valence-electron chi connectivity index (χ0n) is 17.2. The fourth-order valence-electron chi connectivity index (χ4n) is 4.52. The fraction of sp³-hybridized carbons (Fsp3) is 0.476. The fourth-order valence-corrected chi connectivity index (χ4v) is 4.52. The van der Waals surface area contributed by atoms with Crippen LogP contribution in [0.3, 0.4) is 0 Å². The van der Waals surface area contributed by atoms with Crippen molar-refractivity contribution in [3.63, 3.8) is 0 Å². The van der Waals surface area contributed by atoms with E-state index in [0.29, 0.717) is 25.2 Å². The van der Waals surface area contributed by atoms with E-state index in [1.54, 1.807) is 11.0 Å². The number of aromatic nitrogens is 2. The molecule has 1 N–H and O–H groups in total. The lowest BCUT2D eigenvalue weighted by Crippen LogP contribution is -2.36. The van der Waals surface area contributed by atoms with Crippen molar-refractivity contribution < 1.29 is 22.8 Å². The van der Waals surface area contributed by atoms with Crippen molar-refractivity contribution in [2.45, 2.75) is 25.6 Å². The molecule has 1 unspecified atom stereocenters. The summed E-state index contributed by atoms with van der Waals surface area (Å²) in [6.07, 6.45) is -1.15. The second kappa shape index (κ2) is 7.99. The quantitative estimate of drug-likeness (QED) is 0.805. The van der Waals surface area contributed by atoms with Crippen LogP contribution in [-0.4, -0.2) is 64.7 Å². The molecule has 2 aliphatic heterocycles. The number of rotatable bonds is 3. The summed E-state index contributed by atoms with van der Waals surface area (Å²) in [5.41, 5.74) is 0.120. The monoisotopic (exact) mass is 435 g/mol. The van der Waals surface area contributed by atoms with Crippen LogP contribution in [0.25, 0.3) is 0 Å². The molecule has 0 bridgehead atoms. The Morgan fingerprint density at radius 2 is 1.94 bits per heavy atom. The number of amides is 2. The lowest BCUT2D eigenvalue weighted by molar-refractivity contribution is -0.137. The van der Waals surface area contributed by atoms with Crippen LogP contribution in [0.5, 0.6) is 0 Å². The third kappa shape index (κ3) is 4.43. The molecule has 7 nitrogen and oxygen atoms in total. The molecule has 2 fully saturated rings. The van der Waals surface area contributed by atoms with Crippen LogP contribution in [0, 0.1) is 5.41 Å². The van der Waals surface area contributed by atoms with E-state index in [2.05, 4.69) is 15.3 Å². The first kappa shape index (κ1) is 21.4. The van der Waals surface area contributed by atoms with Gasteiger partial charge in [0.1, 0.15) is 0 Å². The topological polar surface area (TPSA) is 70.5 Å². The standard InChI is InChI=1S/C21H24F3N5O2/c1-25-18(30)17-5-8-29(26-17)19(31)28-10-7-20(14-28)6-9-27(13-20)12-15-3-2-4-16(11-15)21(22,23)24/h2-5,8,11H,6-7,9-10,12-14H2,1H3,(H,25,30). The predicted molar refractivity (Wildman–Crippen MR) is 106 cm³/mol. The van der Waals surface area contributed by atoms with E-state index >= 15 is 0 Å². The first-order chi connectivity index (χ1) is 14.7. The Balaban J connectivity index is 1.37. The lowest BCUT2D eigenvalue weighted by atomic mass is 9.86. The number of carbonyl (C=O) groups excluding carboxylic acids is 2. The minimum absolute atomic E-state index is 0.0614. The van der Waals surface area contributed by atoms with Crippen LogP contribution >= 0.6 is 0 Å². The van der Waals surface area contributed by atoms with Gasteiger partial charge in [-0.25, -0.2) is 4.79 Å². The highest BCUT2D eigenvalue weighted by molar-refractivity contribution is 5.92. The van der Waals surface area contributed by atoms with Crippen molar-refractivity contribution in [2.24, 2.45) is 5.41 Å². The Morgan fingerprint density at radius 1 is 1.16 bits per heavy atom. The summed E-state index contributed by atoms with van der Waals surface area (Å²) in [6, 6.07) is 6.67. The Kier molecular flexibility index (Phi) is 5.50. The van der Waals surface area contributed by atoms with Gasteiger partial charge in [0.25, 0.3) is 5.91 Å². The summed E-state index contributed by atoms with van der Waals surface area (Å²) >= 11 is 0. The molecule has 2 aliphatic rings. The highest BCUT2D eigenvalue weighted by atomic mass is 19.4. The molecule has 1 spiro atoms. The summed E-state index contributed by atoms with van der Waals surface area (Å²) in [6.45, 7) is 3.12. The van der Waals surface area contributed by atoms with Gasteiger partial charge in [-0.1, -0.05) is 18.2 Å². The van der Waals surface area contributed by atoms with Crippen molar-refractivity contribution in [1.82, 2.24) is 24.9 Å². The van der Waals surface area contributed by atoms with Crippen LogP contribution in [0.1, 0.15) is 34.5 Å². The summed E-state index contributed by atoms with van der Waals surface area (Å²) in [7, 11) is 1.50. The second-order valence-electron chi connectivity index (χ2n) is 8.34. The molecule has 4 rings (SSSR count). The zero-order chi connectivity index (χ0) is 22.2. The summed E-state index contributed by atoms with van der Waals surface area (Å²) in [5, 5.41) is 6.52. The van der Waals surface area contributed by atoms with Crippen molar-refractivity contribution in [1.29, 1.82) is 0 Å². The summed E-state index contributed by atoms with van der Waals surface area (Å²) in [5.74, 6) is -0.356. The van der Waals surface area contributed by atoms with Crippen LogP contribution in [-0.2, 0) is 12.7 Å². The molecule has 0 aliphatic carbocycles. The number of carbonyl (C=O) groups is 2. The average molecular weight is 435 g/mol. The third-order valence-electron chi connectivity index (χ3n) is 6.13. The van der Waals surface area contributed by atoms with Gasteiger partial charge in [0.05, 0.1) is 5.56 Å². The maximum Gasteiger partial charge on any atom is 0.416 e. The van der Waals surface area contributed by atoms with Crippen molar-refractivity contribution in [3.05, 3.63) is 53.3 Å². The Bertz CT molecular complexity index is 989. The summed E-state index contributed by atoms with van der Waals surface area (Å²) in [4.78, 5) is 28.3. The number of nitrogens with zero attached hydrogens (tertiary/aromatic N) is 4. The molecule has 10 heteroatoms. The smallest absolute Gasteiger partial charge is 0.354 e. The van der Waals surface area contributed by atoms with Gasteiger partial charge in [0.2, 0.25) is 0 Å². The molecular weight excluding hydrogens is 411 g/mol. The lowest BCUT2D eigenvalue weighted by Gasteiger charge is -2.25. The van der Waals surface area contributed by atoms with E-state index in [4.69, 9.17) is 0 Å². The number of halogens is 3. The van der Waals surface area contributed by atoms with E-state index in [1.807, 2.05) is 0 Å². The molecule has 2 aromatic rings. The maximum atomic E-state index is 13.0. The molecule has 1 aromatic carbocycles. The highest BCUT2D eigenvalue weighted by Crippen LogP contribution is 2.40. The number of nitrogens with one attached hydrogen (secondary N) is 1. The molecule has 0 saturated carbocycles. The van der Waals surface area contributed by atoms with Crippen LogP contribution in [0.4, 0.5) is 18.0 Å². The normalized spacial score (nSPS) is 21.7. The van der Waals surface area contributed by atoms with E-state index in [9.17, 15) is 22.8 Å². The zero-order valence-corrected chi connectivity index (χ0v) is 17.2. The number of likely N-dealkylation sites (tertiary alicyclic amines) is 2. The largest absolute Gasteiger partial charge is 0.416 e. The highest BCUT2D eigenvalue weighted by Gasteiger charge is 2.45. The van der Waals surface area contributed by atoms with Gasteiger partial charge in [-0.2, -0.15) is 23.0 Å². The first-order valence-corrected chi connectivity index (χ1v) is 10.1. The molecule has 3 heterocycles. The summed E-state index contributed by atoms with van der Waals surface area (Å²) < 4.78 is 40.1. The number of hydrogen-bond donors (Lipinski definition) is 1. The maximum absolute atomic E-state index is 13.0. The molecule has 1 atom stereocenters. The van der Waals surface area contributed by atoms with Gasteiger partial charge in [-0.3, -0.25) is 9.69 Å². The van der Waals surface area contributed by atoms with Gasteiger partial charge in [0.15, 0.2) is 5.69 Å². The molecule has 0 radical (unpaired) electrons. The van der Waals surface area contributed by atoms with Crippen molar-refractivity contribution in [3.8, 4) is 0 Å². The number of hydrogen-bond acceptors (Lipinski definition) is 4. The molecular formula is C21H24F3N5O2. The third-order valence-corrected chi connectivity index (χ3v) is 6.13. The van der Waals surface area contributed by atoms with Crippen molar-refractivity contribution in [2.75, 3.05) is 33.2 Å². The van der Waals surface area contributed by atoms with Gasteiger partial charge in [0, 0.05) is 44.8 Å². The van der Waals surface area contributed by atoms with Gasteiger partial charge < -0.3 is 10.2 Å². The second-order valence-corrected chi connectivity index (χ2v) is 8.34. The average Bonchev–Trinajstić information content (AvgIpc) is 3.47. The Labute approximate surface area is 177 Å². The van der Waals surface area contributed by atoms with Crippen molar-refractivity contribution >= 4 is 11.9 Å². The van der Waals surface area contributed by atoms with Crippen LogP contribution in [0.2, 0.25) is 0 Å². The number of alkyl halides is 3. The SMILES string of the molecule is CNC(=O)c1ccn(C(=O)N2CCC3(CCN(Cc4cccc(C(F)(F)F)c4)C3)C2)n1. The van der Waals surface area contributed by atoms with E-state index < -0.39 is 11.7 Å². The molecule has 1 aromatic heterocycles. The van der Waals surface area contributed by atoms with E-state index in [-0.39, 0.29) is 23.0 Å². The van der Waals surface area contributed by atoms with Gasteiger partial charge in [-0.15, -0.1) is 0 Å². The number of benzene rings is 1. The van der Waals surface area contributed by atoms with E-state index in [1.165, 1.54) is 36.1 Å². The first-order valence-electron chi connectivity index (χ1n) is 10.1. The van der Waals surface area contributed by atoms with Gasteiger partial charge in [-0.05, 0) is 37.1 Å². The molecule has 2 saturated heterocycles. The van der Waals surface area contributed by atoms with E-state index in [0.717, 1.165) is 32.0 Å². The minimum Gasteiger partial charge on any atom is -0.354 e. The van der Waals surface area contributed by atoms with Crippen LogP contribution < -0.4 is 5.32 Å². The van der Waals surface area contributed by atoms with Crippen LogP contribution in [0.15, 0.2) is 36.5 Å². The molecule has 31 heavy (non-hydrogen) atoms. The Morgan fingerprint density at radius 3 is 2.68 bits per heavy atom. The Hall–Kier alpha value is -2.88. The predicted octanol–water partition coefficient (Wildman–Crippen LogP) is 2.83. The van der Waals surface area contributed by atoms with Gasteiger partial charge >= 0.3 is 12.2 Å².